The van der Waals surface area contributed by atoms with Crippen molar-refractivity contribution >= 4 is 0 Å². The molecule has 0 amide bonds. The number of rotatable bonds is 14. The van der Waals surface area contributed by atoms with E-state index in [1.165, 1.54) is 51.2 Å². The molecule has 0 bridgehead atoms. The fourth-order valence-electron chi connectivity index (χ4n) is 2.50. The van der Waals surface area contributed by atoms with Gasteiger partial charge in [-0.15, -0.1) is 0 Å². The Morgan fingerprint density at radius 1 is 1.00 bits per heavy atom. The summed E-state index contributed by atoms with van der Waals surface area (Å²) < 4.78 is 16.6. The van der Waals surface area contributed by atoms with Gasteiger partial charge in [-0.25, -0.2) is 0 Å². The second-order valence-corrected chi connectivity index (χ2v) is 5.40. The maximum absolute atomic E-state index is 5.61. The lowest BCUT2D eigenvalue weighted by Crippen LogP contribution is -2.45. The fourth-order valence-corrected chi connectivity index (χ4v) is 2.50. The van der Waals surface area contributed by atoms with Gasteiger partial charge in [0.1, 0.15) is 6.10 Å². The summed E-state index contributed by atoms with van der Waals surface area (Å²) >= 11 is 0. The minimum absolute atomic E-state index is 0.116. The monoisotopic (exact) mass is 286 g/mol. The largest absolute Gasteiger partial charge is 0.468 e. The molecule has 0 aliphatic rings. The van der Waals surface area contributed by atoms with Gasteiger partial charge in [0.2, 0.25) is 5.79 Å². The van der Waals surface area contributed by atoms with Gasteiger partial charge in [0.05, 0.1) is 6.26 Å². The second-order valence-electron chi connectivity index (χ2n) is 5.40. The van der Waals surface area contributed by atoms with Gasteiger partial charge in [0.15, 0.2) is 0 Å². The van der Waals surface area contributed by atoms with Crippen LogP contribution in [0.25, 0.3) is 0 Å². The van der Waals surface area contributed by atoms with Crippen molar-refractivity contribution in [3.63, 3.8) is 0 Å². The average molecular weight is 286 g/mol. The number of hydrogen-bond donors (Lipinski definition) is 0. The predicted octanol–water partition coefficient (Wildman–Crippen LogP) is 5.05. The zero-order valence-electron chi connectivity index (χ0n) is 14.0. The van der Waals surface area contributed by atoms with Gasteiger partial charge in [-0.1, -0.05) is 58.4 Å². The van der Waals surface area contributed by atoms with Crippen LogP contribution in [0.1, 0.15) is 71.6 Å². The zero-order chi connectivity index (χ0) is 15.3. The molecule has 2 unspecified atom stereocenters. The topological polar surface area (TPSA) is 27.7 Å². The predicted molar refractivity (Wildman–Crippen MR) is 84.7 cm³/mol. The summed E-state index contributed by atoms with van der Waals surface area (Å²) in [6.45, 7) is 7.86. The lowest BCUT2D eigenvalue weighted by atomic mass is 10.0. The number of unbranched alkanes of at least 4 members (excludes halogenated alkanes) is 7. The number of hydrogen-bond acceptors (Lipinski definition) is 3. The standard InChI is InChI=1S/C17H34O3/c1-6-8-9-10-11-12-13-14-15-17(19-5,20-7-2)16(3)18-4/h7,16H,2,6,8-15H2,1,3-5H3. The molecule has 0 aliphatic carbocycles. The molecule has 0 radical (unpaired) electrons. The van der Waals surface area contributed by atoms with E-state index in [9.17, 15) is 0 Å². The maximum atomic E-state index is 5.61. The van der Waals surface area contributed by atoms with Crippen LogP contribution in [0.5, 0.6) is 0 Å². The summed E-state index contributed by atoms with van der Waals surface area (Å²) in [5.74, 6) is -0.696. The first kappa shape index (κ1) is 19.5. The third kappa shape index (κ3) is 7.30. The molecule has 0 saturated heterocycles. The molecule has 0 rings (SSSR count). The van der Waals surface area contributed by atoms with E-state index in [1.54, 1.807) is 14.2 Å². The molecule has 0 aliphatic heterocycles. The lowest BCUT2D eigenvalue weighted by Gasteiger charge is -2.35. The Morgan fingerprint density at radius 2 is 1.55 bits per heavy atom. The van der Waals surface area contributed by atoms with Gasteiger partial charge in [0.25, 0.3) is 0 Å². The van der Waals surface area contributed by atoms with Crippen molar-refractivity contribution < 1.29 is 14.2 Å². The molecule has 0 N–H and O–H groups in total. The van der Waals surface area contributed by atoms with Crippen LogP contribution in [0.3, 0.4) is 0 Å². The maximum Gasteiger partial charge on any atom is 0.235 e. The van der Waals surface area contributed by atoms with Crippen LogP contribution in [0.4, 0.5) is 0 Å². The van der Waals surface area contributed by atoms with Gasteiger partial charge in [-0.05, 0) is 13.3 Å². The summed E-state index contributed by atoms with van der Waals surface area (Å²) in [5.41, 5.74) is 0. The Labute approximate surface area is 125 Å². The highest BCUT2D eigenvalue weighted by Gasteiger charge is 2.37. The third-order valence-corrected chi connectivity index (χ3v) is 3.98. The molecule has 0 saturated carbocycles. The van der Waals surface area contributed by atoms with Crippen LogP contribution in [0.2, 0.25) is 0 Å². The van der Waals surface area contributed by atoms with E-state index in [0.29, 0.717) is 0 Å². The molecule has 20 heavy (non-hydrogen) atoms. The Kier molecular flexibility index (Phi) is 11.9. The first-order chi connectivity index (χ1) is 9.66. The van der Waals surface area contributed by atoms with Crippen LogP contribution >= 0.6 is 0 Å². The van der Waals surface area contributed by atoms with Gasteiger partial charge in [-0.3, -0.25) is 0 Å². The summed E-state index contributed by atoms with van der Waals surface area (Å²) in [5, 5.41) is 0. The summed E-state index contributed by atoms with van der Waals surface area (Å²) in [6.07, 6.45) is 12.5. The second kappa shape index (κ2) is 12.2. The van der Waals surface area contributed by atoms with Crippen molar-refractivity contribution in [1.29, 1.82) is 0 Å². The highest BCUT2D eigenvalue weighted by atomic mass is 16.7. The van der Waals surface area contributed by atoms with Crippen molar-refractivity contribution in [2.24, 2.45) is 0 Å². The molecule has 0 aromatic heterocycles. The van der Waals surface area contributed by atoms with Crippen molar-refractivity contribution in [2.45, 2.75) is 83.5 Å². The minimum Gasteiger partial charge on any atom is -0.468 e. The molecule has 0 aromatic carbocycles. The third-order valence-electron chi connectivity index (χ3n) is 3.98. The van der Waals surface area contributed by atoms with E-state index in [2.05, 4.69) is 13.5 Å². The van der Waals surface area contributed by atoms with Crippen molar-refractivity contribution in [3.8, 4) is 0 Å². The van der Waals surface area contributed by atoms with Crippen molar-refractivity contribution in [2.75, 3.05) is 14.2 Å². The highest BCUT2D eigenvalue weighted by molar-refractivity contribution is 4.79. The fraction of sp³-hybridized carbons (Fsp3) is 0.882. The van der Waals surface area contributed by atoms with Crippen LogP contribution in [-0.2, 0) is 14.2 Å². The zero-order valence-corrected chi connectivity index (χ0v) is 14.0. The average Bonchev–Trinajstić information content (AvgIpc) is 2.48. The lowest BCUT2D eigenvalue weighted by molar-refractivity contribution is -0.251. The van der Waals surface area contributed by atoms with Crippen molar-refractivity contribution in [1.82, 2.24) is 0 Å². The number of ether oxygens (including phenoxy) is 3. The van der Waals surface area contributed by atoms with E-state index in [0.717, 1.165) is 12.8 Å². The molecule has 3 heteroatoms. The summed E-state index contributed by atoms with van der Waals surface area (Å²) in [6, 6.07) is 0. The quantitative estimate of drug-likeness (QED) is 0.254. The van der Waals surface area contributed by atoms with Gasteiger partial charge in [0, 0.05) is 20.6 Å². The molecule has 0 spiro atoms. The van der Waals surface area contributed by atoms with Crippen LogP contribution in [0.15, 0.2) is 12.8 Å². The van der Waals surface area contributed by atoms with E-state index in [-0.39, 0.29) is 6.10 Å². The van der Waals surface area contributed by atoms with E-state index in [1.807, 2.05) is 6.92 Å². The molecule has 2 atom stereocenters. The smallest absolute Gasteiger partial charge is 0.235 e. The Morgan fingerprint density at radius 3 is 2.00 bits per heavy atom. The molecule has 0 aromatic rings. The van der Waals surface area contributed by atoms with Gasteiger partial charge < -0.3 is 14.2 Å². The van der Waals surface area contributed by atoms with Crippen molar-refractivity contribution in [3.05, 3.63) is 12.8 Å². The van der Waals surface area contributed by atoms with E-state index < -0.39 is 5.79 Å². The number of methoxy groups -OCH3 is 2. The Hall–Kier alpha value is -0.540. The minimum atomic E-state index is -0.696. The van der Waals surface area contributed by atoms with Crippen LogP contribution in [0, 0.1) is 0 Å². The molecule has 120 valence electrons. The van der Waals surface area contributed by atoms with Gasteiger partial charge in [-0.2, -0.15) is 0 Å². The SMILES string of the molecule is C=COC(CCCCCCCCCC)(OC)C(C)OC. The highest BCUT2D eigenvalue weighted by Crippen LogP contribution is 2.27. The van der Waals surface area contributed by atoms with Crippen LogP contribution in [-0.4, -0.2) is 26.1 Å². The Bertz CT molecular complexity index is 230. The van der Waals surface area contributed by atoms with E-state index in [4.69, 9.17) is 14.2 Å². The molecule has 0 fully saturated rings. The summed E-state index contributed by atoms with van der Waals surface area (Å²) in [7, 11) is 3.35. The first-order valence-electron chi connectivity index (χ1n) is 8.03. The van der Waals surface area contributed by atoms with Gasteiger partial charge >= 0.3 is 0 Å². The Balaban J connectivity index is 3.93. The molecule has 3 nitrogen and oxygen atoms in total. The molecular formula is C17H34O3. The van der Waals surface area contributed by atoms with Crippen LogP contribution < -0.4 is 0 Å². The first-order valence-corrected chi connectivity index (χ1v) is 8.03. The molecular weight excluding hydrogens is 252 g/mol. The van der Waals surface area contributed by atoms with E-state index >= 15 is 0 Å². The summed E-state index contributed by atoms with van der Waals surface area (Å²) in [4.78, 5) is 0. The molecule has 0 heterocycles. The normalized spacial score (nSPS) is 15.6.